The van der Waals surface area contributed by atoms with E-state index in [1.165, 1.54) is 16.9 Å². The van der Waals surface area contributed by atoms with E-state index in [2.05, 4.69) is 34.2 Å². The fraction of sp³-hybridized carbons (Fsp3) is 0.381. The number of H-pyrrole nitrogens is 1. The lowest BCUT2D eigenvalue weighted by Crippen LogP contribution is -2.38. The number of rotatable bonds is 3. The smallest absolute Gasteiger partial charge is 0.264 e. The van der Waals surface area contributed by atoms with Crippen LogP contribution in [0.5, 0.6) is 0 Å². The van der Waals surface area contributed by atoms with Crippen LogP contribution >= 0.6 is 11.3 Å². The number of aromatic amines is 1. The number of fused-ring (bicyclic) bond motifs is 1. The number of piperidine rings is 1. The summed E-state index contributed by atoms with van der Waals surface area (Å²) in [7, 11) is 0. The first kappa shape index (κ1) is 17.9. The predicted octanol–water partition coefficient (Wildman–Crippen LogP) is 3.70. The Morgan fingerprint density at radius 3 is 2.63 bits per heavy atom. The molecule has 1 amide bonds. The van der Waals surface area contributed by atoms with Crippen molar-refractivity contribution >= 4 is 27.5 Å². The average molecular weight is 382 g/mol. The number of benzene rings is 1. The molecular weight excluding hydrogens is 358 g/mol. The predicted molar refractivity (Wildman–Crippen MR) is 108 cm³/mol. The largest absolute Gasteiger partial charge is 0.338 e. The minimum absolute atomic E-state index is 0.0331. The van der Waals surface area contributed by atoms with E-state index in [0.29, 0.717) is 26.8 Å². The molecule has 1 aromatic carbocycles. The minimum atomic E-state index is -0.160. The molecule has 1 N–H and O–H groups in total. The Hall–Kier alpha value is -2.47. The molecule has 0 unspecified atom stereocenters. The lowest BCUT2D eigenvalue weighted by molar-refractivity contribution is 0.0695. The van der Waals surface area contributed by atoms with Crippen LogP contribution in [0.1, 0.15) is 39.5 Å². The van der Waals surface area contributed by atoms with Crippen molar-refractivity contribution in [1.82, 2.24) is 14.9 Å². The highest BCUT2D eigenvalue weighted by Crippen LogP contribution is 2.30. The second-order valence-electron chi connectivity index (χ2n) is 7.31. The van der Waals surface area contributed by atoms with Gasteiger partial charge >= 0.3 is 0 Å². The first-order chi connectivity index (χ1) is 13.0. The normalized spacial score (nSPS) is 15.4. The van der Waals surface area contributed by atoms with Crippen LogP contribution in [-0.2, 0) is 6.42 Å². The Labute approximate surface area is 162 Å². The maximum atomic E-state index is 13.0. The quantitative estimate of drug-likeness (QED) is 0.752. The number of nitrogens with one attached hydrogen (secondary N) is 1. The Kier molecular flexibility index (Phi) is 4.83. The Morgan fingerprint density at radius 2 is 1.93 bits per heavy atom. The van der Waals surface area contributed by atoms with Crippen molar-refractivity contribution in [2.75, 3.05) is 13.1 Å². The molecule has 1 saturated heterocycles. The Bertz CT molecular complexity index is 1030. The topological polar surface area (TPSA) is 66.1 Å². The third-order valence-electron chi connectivity index (χ3n) is 5.38. The van der Waals surface area contributed by atoms with E-state index in [-0.39, 0.29) is 11.5 Å². The number of thiophene rings is 1. The number of hydrogen-bond donors (Lipinski definition) is 1. The molecule has 3 aromatic rings. The standard InChI is InChI=1S/C21H23N3O2S/c1-13-17-19(25)22-14(2)23-20(17)27-18(13)21(26)24-10-8-16(9-11-24)12-15-6-4-3-5-7-15/h3-7,16H,8-12H2,1-2H3,(H,22,23,25). The summed E-state index contributed by atoms with van der Waals surface area (Å²) in [6.07, 6.45) is 3.11. The van der Waals surface area contributed by atoms with Crippen LogP contribution in [0.2, 0.25) is 0 Å². The number of likely N-dealkylation sites (tertiary alicyclic amines) is 1. The molecule has 0 aliphatic carbocycles. The maximum absolute atomic E-state index is 13.0. The van der Waals surface area contributed by atoms with E-state index in [1.807, 2.05) is 17.9 Å². The number of aryl methyl sites for hydroxylation is 2. The molecule has 0 saturated carbocycles. The lowest BCUT2D eigenvalue weighted by Gasteiger charge is -2.32. The fourth-order valence-electron chi connectivity index (χ4n) is 3.89. The van der Waals surface area contributed by atoms with Crippen LogP contribution in [0.15, 0.2) is 35.1 Å². The summed E-state index contributed by atoms with van der Waals surface area (Å²) in [5.41, 5.74) is 1.95. The first-order valence-corrected chi connectivity index (χ1v) is 10.2. The molecular formula is C21H23N3O2S. The van der Waals surface area contributed by atoms with Crippen LogP contribution < -0.4 is 5.56 Å². The van der Waals surface area contributed by atoms with Gasteiger partial charge in [0.1, 0.15) is 10.7 Å². The van der Waals surface area contributed by atoms with E-state index in [1.54, 1.807) is 6.92 Å². The molecule has 0 spiro atoms. The van der Waals surface area contributed by atoms with Crippen molar-refractivity contribution in [1.29, 1.82) is 0 Å². The van der Waals surface area contributed by atoms with Gasteiger partial charge in [-0.05, 0) is 50.2 Å². The van der Waals surface area contributed by atoms with Gasteiger partial charge in [-0.2, -0.15) is 0 Å². The first-order valence-electron chi connectivity index (χ1n) is 9.36. The number of nitrogens with zero attached hydrogens (tertiary/aromatic N) is 2. The van der Waals surface area contributed by atoms with Crippen molar-refractivity contribution in [3.8, 4) is 0 Å². The summed E-state index contributed by atoms with van der Waals surface area (Å²) in [5, 5.41) is 0.549. The molecule has 1 aliphatic heterocycles. The molecule has 5 nitrogen and oxygen atoms in total. The molecule has 3 heterocycles. The minimum Gasteiger partial charge on any atom is -0.338 e. The van der Waals surface area contributed by atoms with Gasteiger partial charge in [0, 0.05) is 13.1 Å². The fourth-order valence-corrected chi connectivity index (χ4v) is 5.08. The number of carbonyl (C=O) groups excluding carboxylic acids is 1. The summed E-state index contributed by atoms with van der Waals surface area (Å²) in [4.78, 5) is 35.6. The molecule has 0 atom stereocenters. The third-order valence-corrected chi connectivity index (χ3v) is 6.56. The number of amides is 1. The number of carbonyl (C=O) groups is 1. The van der Waals surface area contributed by atoms with Crippen molar-refractivity contribution in [3.63, 3.8) is 0 Å². The molecule has 27 heavy (non-hydrogen) atoms. The van der Waals surface area contributed by atoms with Crippen molar-refractivity contribution < 1.29 is 4.79 Å². The maximum Gasteiger partial charge on any atom is 0.264 e. The molecule has 0 radical (unpaired) electrons. The third kappa shape index (κ3) is 3.54. The van der Waals surface area contributed by atoms with Gasteiger partial charge in [-0.3, -0.25) is 9.59 Å². The zero-order valence-corrected chi connectivity index (χ0v) is 16.4. The van der Waals surface area contributed by atoms with Gasteiger partial charge in [0.15, 0.2) is 0 Å². The van der Waals surface area contributed by atoms with Gasteiger partial charge in [0.2, 0.25) is 0 Å². The molecule has 4 rings (SSSR count). The second kappa shape index (κ2) is 7.27. The molecule has 6 heteroatoms. The van der Waals surface area contributed by atoms with Crippen LogP contribution in [0.4, 0.5) is 0 Å². The van der Waals surface area contributed by atoms with Crippen molar-refractivity contribution in [2.45, 2.75) is 33.1 Å². The zero-order chi connectivity index (χ0) is 19.0. The van der Waals surface area contributed by atoms with Gasteiger partial charge in [0.05, 0.1) is 10.3 Å². The summed E-state index contributed by atoms with van der Waals surface area (Å²) >= 11 is 1.34. The van der Waals surface area contributed by atoms with E-state index < -0.39 is 0 Å². The molecule has 1 aliphatic rings. The van der Waals surface area contributed by atoms with Crippen LogP contribution in [-0.4, -0.2) is 33.9 Å². The van der Waals surface area contributed by atoms with E-state index in [0.717, 1.165) is 37.9 Å². The van der Waals surface area contributed by atoms with Crippen LogP contribution in [0, 0.1) is 19.8 Å². The highest BCUT2D eigenvalue weighted by Gasteiger charge is 2.27. The second-order valence-corrected chi connectivity index (χ2v) is 8.31. The summed E-state index contributed by atoms with van der Waals surface area (Å²) in [5.74, 6) is 1.23. The van der Waals surface area contributed by atoms with Gasteiger partial charge in [-0.25, -0.2) is 4.98 Å². The molecule has 0 bridgehead atoms. The van der Waals surface area contributed by atoms with Crippen molar-refractivity contribution in [2.24, 2.45) is 5.92 Å². The Balaban J connectivity index is 1.48. The Morgan fingerprint density at radius 1 is 1.22 bits per heavy atom. The van der Waals surface area contributed by atoms with Gasteiger partial charge < -0.3 is 9.88 Å². The van der Waals surface area contributed by atoms with Gasteiger partial charge in [0.25, 0.3) is 11.5 Å². The molecule has 140 valence electrons. The lowest BCUT2D eigenvalue weighted by atomic mass is 9.90. The highest BCUT2D eigenvalue weighted by molar-refractivity contribution is 7.20. The monoisotopic (exact) mass is 381 g/mol. The van der Waals surface area contributed by atoms with Gasteiger partial charge in [-0.1, -0.05) is 30.3 Å². The SMILES string of the molecule is Cc1nc2sc(C(=O)N3CCC(Cc4ccccc4)CC3)c(C)c2c(=O)[nH]1. The molecule has 2 aromatic heterocycles. The van der Waals surface area contributed by atoms with Crippen LogP contribution in [0.25, 0.3) is 10.2 Å². The van der Waals surface area contributed by atoms with Gasteiger partial charge in [-0.15, -0.1) is 11.3 Å². The number of hydrogen-bond acceptors (Lipinski definition) is 4. The molecule has 1 fully saturated rings. The van der Waals surface area contributed by atoms with Crippen molar-refractivity contribution in [3.05, 3.63) is 62.5 Å². The summed E-state index contributed by atoms with van der Waals surface area (Å²) in [6, 6.07) is 10.5. The number of aromatic nitrogens is 2. The zero-order valence-electron chi connectivity index (χ0n) is 15.6. The van der Waals surface area contributed by atoms with E-state index in [9.17, 15) is 9.59 Å². The van der Waals surface area contributed by atoms with E-state index >= 15 is 0 Å². The summed E-state index contributed by atoms with van der Waals surface area (Å²) < 4.78 is 0. The van der Waals surface area contributed by atoms with Crippen LogP contribution in [0.3, 0.4) is 0 Å². The average Bonchev–Trinajstić information content (AvgIpc) is 2.99. The summed E-state index contributed by atoms with van der Waals surface area (Å²) in [6.45, 7) is 5.15. The van der Waals surface area contributed by atoms with E-state index in [4.69, 9.17) is 0 Å². The highest BCUT2D eigenvalue weighted by atomic mass is 32.1.